The van der Waals surface area contributed by atoms with Crippen molar-refractivity contribution < 1.29 is 14.5 Å². The number of nitriles is 1. The molecule has 2 heterocycles. The molecule has 1 N–H and O–H groups in total. The van der Waals surface area contributed by atoms with Crippen LogP contribution in [0.2, 0.25) is 0 Å². The second-order valence-corrected chi connectivity index (χ2v) is 7.52. The van der Waals surface area contributed by atoms with Crippen LogP contribution in [0.25, 0.3) is 5.69 Å². The standard InChI is InChI=1S/C22H18N6O4/c1-14-18(12-23)19(27(25-14)16-6-4-3-5-7-16)13-26-20(29)22(2,24-21(26)30)15-8-10-17(11-9-15)28(31)32/h3-11H,13H2,1-2H3,(H,24,30)/t22-/m0/s1. The summed E-state index contributed by atoms with van der Waals surface area (Å²) in [5.41, 5.74) is 0.773. The molecule has 3 aromatic rings. The molecule has 1 atom stereocenters. The molecule has 3 amide bonds. The van der Waals surface area contributed by atoms with E-state index in [1.807, 2.05) is 30.3 Å². The summed E-state index contributed by atoms with van der Waals surface area (Å²) in [7, 11) is 0. The van der Waals surface area contributed by atoms with Crippen molar-refractivity contribution in [1.82, 2.24) is 20.0 Å². The minimum Gasteiger partial charge on any atom is -0.319 e. The number of para-hydroxylation sites is 1. The Balaban J connectivity index is 1.71. The minimum absolute atomic E-state index is 0.119. The first-order chi connectivity index (χ1) is 15.3. The number of hydrogen-bond donors (Lipinski definition) is 1. The molecule has 0 aliphatic carbocycles. The van der Waals surface area contributed by atoms with Gasteiger partial charge in [0.2, 0.25) is 0 Å². The number of nitrogens with one attached hydrogen (secondary N) is 1. The maximum absolute atomic E-state index is 13.3. The molecule has 160 valence electrons. The number of nitro groups is 1. The fraction of sp³-hybridized carbons (Fsp3) is 0.182. The summed E-state index contributed by atoms with van der Waals surface area (Å²) < 4.78 is 1.55. The molecule has 0 radical (unpaired) electrons. The number of amides is 3. The number of aromatic nitrogens is 2. The van der Waals surface area contributed by atoms with Gasteiger partial charge in [0.05, 0.1) is 34.1 Å². The van der Waals surface area contributed by atoms with Gasteiger partial charge in [-0.1, -0.05) is 18.2 Å². The second kappa shape index (κ2) is 7.63. The van der Waals surface area contributed by atoms with E-state index in [9.17, 15) is 25.0 Å². The lowest BCUT2D eigenvalue weighted by atomic mass is 9.92. The van der Waals surface area contributed by atoms with E-state index >= 15 is 0 Å². The Morgan fingerprint density at radius 2 is 1.81 bits per heavy atom. The summed E-state index contributed by atoms with van der Waals surface area (Å²) in [4.78, 5) is 37.5. The van der Waals surface area contributed by atoms with Crippen LogP contribution in [0.15, 0.2) is 54.6 Å². The van der Waals surface area contributed by atoms with Crippen LogP contribution in [0, 0.1) is 28.4 Å². The van der Waals surface area contributed by atoms with Gasteiger partial charge in [0.1, 0.15) is 11.6 Å². The summed E-state index contributed by atoms with van der Waals surface area (Å²) in [5.74, 6) is -0.529. The summed E-state index contributed by atoms with van der Waals surface area (Å²) >= 11 is 0. The third-order valence-corrected chi connectivity index (χ3v) is 5.51. The van der Waals surface area contributed by atoms with Crippen LogP contribution < -0.4 is 5.32 Å². The first-order valence-electron chi connectivity index (χ1n) is 9.69. The molecule has 1 fully saturated rings. The Morgan fingerprint density at radius 1 is 1.16 bits per heavy atom. The maximum atomic E-state index is 13.3. The monoisotopic (exact) mass is 430 g/mol. The number of nitrogens with zero attached hydrogens (tertiary/aromatic N) is 5. The van der Waals surface area contributed by atoms with Gasteiger partial charge in [-0.3, -0.25) is 19.8 Å². The van der Waals surface area contributed by atoms with Crippen molar-refractivity contribution in [2.75, 3.05) is 0 Å². The summed E-state index contributed by atoms with van der Waals surface area (Å²) in [5, 5.41) is 27.7. The van der Waals surface area contributed by atoms with Gasteiger partial charge >= 0.3 is 6.03 Å². The van der Waals surface area contributed by atoms with Crippen molar-refractivity contribution in [1.29, 1.82) is 5.26 Å². The third-order valence-electron chi connectivity index (χ3n) is 5.51. The van der Waals surface area contributed by atoms with Crippen LogP contribution in [-0.2, 0) is 16.9 Å². The number of non-ortho nitro benzene ring substituents is 1. The average molecular weight is 430 g/mol. The van der Waals surface area contributed by atoms with Gasteiger partial charge in [-0.15, -0.1) is 0 Å². The highest BCUT2D eigenvalue weighted by atomic mass is 16.6. The van der Waals surface area contributed by atoms with Crippen LogP contribution in [-0.4, -0.2) is 31.5 Å². The molecule has 2 aromatic carbocycles. The van der Waals surface area contributed by atoms with E-state index in [0.717, 1.165) is 4.90 Å². The fourth-order valence-corrected chi connectivity index (χ4v) is 3.75. The van der Waals surface area contributed by atoms with Gasteiger partial charge in [-0.2, -0.15) is 10.4 Å². The van der Waals surface area contributed by atoms with Crippen LogP contribution in [0.1, 0.15) is 29.4 Å². The molecule has 10 nitrogen and oxygen atoms in total. The molecule has 1 aliphatic heterocycles. The molecular formula is C22H18N6O4. The normalized spacial score (nSPS) is 17.8. The van der Waals surface area contributed by atoms with Crippen molar-refractivity contribution in [2.24, 2.45) is 0 Å². The van der Waals surface area contributed by atoms with E-state index in [1.54, 1.807) is 18.5 Å². The highest BCUT2D eigenvalue weighted by molar-refractivity contribution is 6.07. The van der Waals surface area contributed by atoms with E-state index in [-0.39, 0.29) is 12.2 Å². The lowest BCUT2D eigenvalue weighted by molar-refractivity contribution is -0.384. The number of hydrogen-bond acceptors (Lipinski definition) is 6. The van der Waals surface area contributed by atoms with E-state index in [2.05, 4.69) is 16.5 Å². The molecule has 0 saturated carbocycles. The largest absolute Gasteiger partial charge is 0.325 e. The highest BCUT2D eigenvalue weighted by Gasteiger charge is 2.49. The number of benzene rings is 2. The maximum Gasteiger partial charge on any atom is 0.325 e. The van der Waals surface area contributed by atoms with E-state index in [1.165, 1.54) is 24.3 Å². The zero-order valence-corrected chi connectivity index (χ0v) is 17.3. The average Bonchev–Trinajstić information content (AvgIpc) is 3.22. The Bertz CT molecular complexity index is 1280. The Morgan fingerprint density at radius 3 is 2.41 bits per heavy atom. The van der Waals surface area contributed by atoms with Crippen LogP contribution in [0.5, 0.6) is 0 Å². The van der Waals surface area contributed by atoms with Crippen molar-refractivity contribution in [3.05, 3.63) is 87.2 Å². The topological polar surface area (TPSA) is 134 Å². The number of nitro benzene ring substituents is 1. The SMILES string of the molecule is Cc1nn(-c2ccccc2)c(CN2C(=O)N[C@@](C)(c3ccc([N+](=O)[O-])cc3)C2=O)c1C#N. The molecule has 10 heteroatoms. The van der Waals surface area contributed by atoms with Gasteiger partial charge in [0.25, 0.3) is 11.6 Å². The molecule has 1 aromatic heterocycles. The molecule has 32 heavy (non-hydrogen) atoms. The van der Waals surface area contributed by atoms with Crippen molar-refractivity contribution in [3.8, 4) is 11.8 Å². The number of imide groups is 1. The fourth-order valence-electron chi connectivity index (χ4n) is 3.75. The smallest absolute Gasteiger partial charge is 0.319 e. The highest BCUT2D eigenvalue weighted by Crippen LogP contribution is 2.32. The molecule has 4 rings (SSSR count). The molecule has 0 unspecified atom stereocenters. The lowest BCUT2D eigenvalue weighted by Gasteiger charge is -2.22. The first kappa shape index (κ1) is 20.7. The number of carbonyl (C=O) groups is 2. The predicted octanol–water partition coefficient (Wildman–Crippen LogP) is 2.93. The van der Waals surface area contributed by atoms with E-state index < -0.39 is 22.4 Å². The van der Waals surface area contributed by atoms with Gasteiger partial charge in [0, 0.05) is 12.1 Å². The number of aryl methyl sites for hydroxylation is 1. The number of rotatable bonds is 5. The van der Waals surface area contributed by atoms with Gasteiger partial charge in [0.15, 0.2) is 0 Å². The van der Waals surface area contributed by atoms with Gasteiger partial charge in [-0.05, 0) is 43.7 Å². The molecular weight excluding hydrogens is 412 g/mol. The minimum atomic E-state index is -1.40. The van der Waals surface area contributed by atoms with Crippen LogP contribution in [0.4, 0.5) is 10.5 Å². The Hall–Kier alpha value is -4.52. The van der Waals surface area contributed by atoms with Crippen LogP contribution in [0.3, 0.4) is 0 Å². The number of carbonyl (C=O) groups excluding carboxylic acids is 2. The summed E-state index contributed by atoms with van der Waals surface area (Å²) in [6.07, 6.45) is 0. The predicted molar refractivity (Wildman–Crippen MR) is 113 cm³/mol. The quantitative estimate of drug-likeness (QED) is 0.376. The Labute approximate surface area is 182 Å². The summed E-state index contributed by atoms with van der Waals surface area (Å²) in [6.45, 7) is 3.07. The zero-order chi connectivity index (χ0) is 23.0. The lowest BCUT2D eigenvalue weighted by Crippen LogP contribution is -2.40. The third kappa shape index (κ3) is 3.26. The molecule has 1 aliphatic rings. The van der Waals surface area contributed by atoms with E-state index in [0.29, 0.717) is 28.2 Å². The molecule has 0 spiro atoms. The second-order valence-electron chi connectivity index (χ2n) is 7.52. The summed E-state index contributed by atoms with van der Waals surface area (Å²) in [6, 6.07) is 16.0. The first-order valence-corrected chi connectivity index (χ1v) is 9.69. The number of urea groups is 1. The van der Waals surface area contributed by atoms with Crippen molar-refractivity contribution in [2.45, 2.75) is 25.9 Å². The van der Waals surface area contributed by atoms with Crippen molar-refractivity contribution >= 4 is 17.6 Å². The van der Waals surface area contributed by atoms with E-state index in [4.69, 9.17) is 0 Å². The zero-order valence-electron chi connectivity index (χ0n) is 17.3. The van der Waals surface area contributed by atoms with Crippen LogP contribution >= 0.6 is 0 Å². The van der Waals surface area contributed by atoms with Crippen molar-refractivity contribution in [3.63, 3.8) is 0 Å². The Kier molecular flexibility index (Phi) is 4.94. The van der Waals surface area contributed by atoms with Gasteiger partial charge < -0.3 is 5.32 Å². The molecule has 1 saturated heterocycles. The van der Waals surface area contributed by atoms with Gasteiger partial charge in [-0.25, -0.2) is 9.48 Å². The molecule has 0 bridgehead atoms.